The normalized spacial score (nSPS) is 17.5. The van der Waals surface area contributed by atoms with Crippen LogP contribution >= 0.6 is 11.6 Å². The Balaban J connectivity index is 1.67. The molecule has 1 aliphatic heterocycles. The van der Waals surface area contributed by atoms with Gasteiger partial charge in [-0.25, -0.2) is 14.8 Å². The molecule has 0 bridgehead atoms. The second kappa shape index (κ2) is 7.27. The zero-order valence-electron chi connectivity index (χ0n) is 12.8. The number of nitrogens with one attached hydrogen (secondary N) is 2. The molecule has 1 saturated heterocycles. The predicted octanol–water partition coefficient (Wildman–Crippen LogP) is 2.45. The molecule has 0 unspecified atom stereocenters. The zero-order valence-corrected chi connectivity index (χ0v) is 13.5. The lowest BCUT2D eigenvalue weighted by molar-refractivity contribution is -0.121. The number of aromatic nitrogens is 2. The van der Waals surface area contributed by atoms with Gasteiger partial charge < -0.3 is 10.2 Å². The first-order valence-electron chi connectivity index (χ1n) is 7.54. The summed E-state index contributed by atoms with van der Waals surface area (Å²) < 4.78 is 0. The molecule has 2 N–H and O–H groups in total. The van der Waals surface area contributed by atoms with E-state index in [0.29, 0.717) is 29.5 Å². The lowest BCUT2D eigenvalue weighted by Crippen LogP contribution is -2.53. The van der Waals surface area contributed by atoms with Crippen molar-refractivity contribution in [1.82, 2.24) is 15.3 Å². The van der Waals surface area contributed by atoms with Gasteiger partial charge in [0.1, 0.15) is 18.2 Å². The first-order valence-corrected chi connectivity index (χ1v) is 7.92. The molecule has 0 aliphatic carbocycles. The molecule has 1 aliphatic rings. The Labute approximate surface area is 144 Å². The molecule has 0 saturated carbocycles. The molecular weight excluding hydrogens is 330 g/mol. The van der Waals surface area contributed by atoms with Crippen molar-refractivity contribution in [2.24, 2.45) is 0 Å². The van der Waals surface area contributed by atoms with Gasteiger partial charge in [0, 0.05) is 12.7 Å². The highest BCUT2D eigenvalue weighted by molar-refractivity contribution is 6.33. The van der Waals surface area contributed by atoms with Crippen LogP contribution in [0.3, 0.4) is 0 Å². The van der Waals surface area contributed by atoms with Gasteiger partial charge in [-0.05, 0) is 31.0 Å². The number of nitrogens with zero attached hydrogens (tertiary/aromatic N) is 3. The number of anilines is 2. The summed E-state index contributed by atoms with van der Waals surface area (Å²) in [6, 6.07) is 7.66. The number of rotatable bonds is 3. The topological polar surface area (TPSA) is 87.2 Å². The highest BCUT2D eigenvalue weighted by Crippen LogP contribution is 2.28. The van der Waals surface area contributed by atoms with Gasteiger partial charge >= 0.3 is 6.03 Å². The summed E-state index contributed by atoms with van der Waals surface area (Å²) >= 11 is 6.18. The number of carbonyl (C=O) groups excluding carboxylic acids is 2. The minimum absolute atomic E-state index is 0.174. The quantitative estimate of drug-likeness (QED) is 0.894. The maximum atomic E-state index is 12.7. The van der Waals surface area contributed by atoms with Crippen molar-refractivity contribution in [3.63, 3.8) is 0 Å². The van der Waals surface area contributed by atoms with E-state index in [1.807, 2.05) is 12.1 Å². The fourth-order valence-corrected chi connectivity index (χ4v) is 2.83. The Morgan fingerprint density at radius 2 is 2.12 bits per heavy atom. The number of para-hydroxylation sites is 1. The van der Waals surface area contributed by atoms with E-state index in [1.54, 1.807) is 23.1 Å². The van der Waals surface area contributed by atoms with Crippen LogP contribution in [0.15, 0.2) is 42.9 Å². The highest BCUT2D eigenvalue weighted by atomic mass is 35.5. The van der Waals surface area contributed by atoms with E-state index >= 15 is 0 Å². The van der Waals surface area contributed by atoms with Gasteiger partial charge in [-0.1, -0.05) is 23.7 Å². The first-order chi connectivity index (χ1) is 11.6. The summed E-state index contributed by atoms with van der Waals surface area (Å²) in [5.74, 6) is 0.195. The third kappa shape index (κ3) is 3.62. The van der Waals surface area contributed by atoms with Gasteiger partial charge in [0.25, 0.3) is 0 Å². The Bertz CT molecular complexity index is 740. The van der Waals surface area contributed by atoms with Crippen LogP contribution in [0.25, 0.3) is 0 Å². The molecule has 1 atom stereocenters. The van der Waals surface area contributed by atoms with Gasteiger partial charge in [0.15, 0.2) is 0 Å². The van der Waals surface area contributed by atoms with Crippen molar-refractivity contribution in [3.05, 3.63) is 47.9 Å². The van der Waals surface area contributed by atoms with Gasteiger partial charge in [0.2, 0.25) is 5.91 Å². The first kappa shape index (κ1) is 16.2. The number of hydrogen-bond acceptors (Lipinski definition) is 4. The lowest BCUT2D eigenvalue weighted by atomic mass is 10.0. The molecular formula is C16H16ClN5O2. The number of hydrogen-bond donors (Lipinski definition) is 2. The minimum atomic E-state index is -0.600. The van der Waals surface area contributed by atoms with Crippen LogP contribution in [0.1, 0.15) is 12.8 Å². The van der Waals surface area contributed by atoms with E-state index in [-0.39, 0.29) is 5.91 Å². The number of carbonyl (C=O) groups is 2. The van der Waals surface area contributed by atoms with Gasteiger partial charge in [-0.15, -0.1) is 0 Å². The standard InChI is InChI=1S/C16H16ClN5O2/c17-11-4-1-2-6-13(11)22-9-3-5-12(15(22)23)20-16(24)21-14-7-8-18-10-19-14/h1-2,4,6-8,10,12H,3,5,9H2,(H2,18,19,20,21,24)/t12-/m1/s1. The van der Waals surface area contributed by atoms with Gasteiger partial charge in [-0.2, -0.15) is 0 Å². The third-order valence-corrected chi connectivity index (χ3v) is 4.03. The molecule has 2 heterocycles. The number of benzene rings is 1. The number of halogens is 1. The molecule has 24 heavy (non-hydrogen) atoms. The van der Waals surface area contributed by atoms with Crippen LogP contribution in [0.4, 0.5) is 16.3 Å². The molecule has 1 fully saturated rings. The highest BCUT2D eigenvalue weighted by Gasteiger charge is 2.31. The minimum Gasteiger partial charge on any atom is -0.326 e. The summed E-state index contributed by atoms with van der Waals surface area (Å²) in [4.78, 5) is 34.0. The molecule has 1 aromatic heterocycles. The summed E-state index contributed by atoms with van der Waals surface area (Å²) in [7, 11) is 0. The Kier molecular flexibility index (Phi) is 4.90. The molecule has 3 rings (SSSR count). The summed E-state index contributed by atoms with van der Waals surface area (Å²) in [5.41, 5.74) is 0.659. The fourth-order valence-electron chi connectivity index (χ4n) is 2.59. The van der Waals surface area contributed by atoms with E-state index in [2.05, 4.69) is 20.6 Å². The predicted molar refractivity (Wildman–Crippen MR) is 91.0 cm³/mol. The van der Waals surface area contributed by atoms with Crippen molar-refractivity contribution in [1.29, 1.82) is 0 Å². The van der Waals surface area contributed by atoms with Crippen molar-refractivity contribution in [2.75, 3.05) is 16.8 Å². The second-order valence-corrected chi connectivity index (χ2v) is 5.74. The van der Waals surface area contributed by atoms with Crippen LogP contribution in [0.5, 0.6) is 0 Å². The second-order valence-electron chi connectivity index (χ2n) is 5.33. The van der Waals surface area contributed by atoms with Crippen LogP contribution in [0.2, 0.25) is 5.02 Å². The largest absolute Gasteiger partial charge is 0.326 e. The van der Waals surface area contributed by atoms with Crippen LogP contribution in [-0.4, -0.2) is 34.5 Å². The van der Waals surface area contributed by atoms with E-state index < -0.39 is 12.1 Å². The molecule has 1 aromatic carbocycles. The lowest BCUT2D eigenvalue weighted by Gasteiger charge is -2.33. The van der Waals surface area contributed by atoms with Crippen molar-refractivity contribution < 1.29 is 9.59 Å². The average Bonchev–Trinajstić information content (AvgIpc) is 2.58. The fraction of sp³-hybridized carbons (Fsp3) is 0.250. The van der Waals surface area contributed by atoms with Crippen molar-refractivity contribution in [3.8, 4) is 0 Å². The molecule has 0 spiro atoms. The Hall–Kier alpha value is -2.67. The Morgan fingerprint density at radius 1 is 1.29 bits per heavy atom. The van der Waals surface area contributed by atoms with E-state index in [1.165, 1.54) is 12.5 Å². The Morgan fingerprint density at radius 3 is 2.88 bits per heavy atom. The molecule has 2 aromatic rings. The SMILES string of the molecule is O=C(Nc1ccncn1)N[C@@H]1CCCN(c2ccccc2Cl)C1=O. The van der Waals surface area contributed by atoms with E-state index in [4.69, 9.17) is 11.6 Å². The molecule has 7 nitrogen and oxygen atoms in total. The van der Waals surface area contributed by atoms with Crippen LogP contribution in [0, 0.1) is 0 Å². The maximum Gasteiger partial charge on any atom is 0.321 e. The van der Waals surface area contributed by atoms with Crippen LogP contribution in [-0.2, 0) is 4.79 Å². The smallest absolute Gasteiger partial charge is 0.321 e. The third-order valence-electron chi connectivity index (χ3n) is 3.71. The maximum absolute atomic E-state index is 12.7. The average molecular weight is 346 g/mol. The van der Waals surface area contributed by atoms with Gasteiger partial charge in [-0.3, -0.25) is 10.1 Å². The van der Waals surface area contributed by atoms with Crippen LogP contribution < -0.4 is 15.5 Å². The summed E-state index contributed by atoms with van der Waals surface area (Å²) in [6.07, 6.45) is 4.21. The monoisotopic (exact) mass is 345 g/mol. The summed E-state index contributed by atoms with van der Waals surface area (Å²) in [6.45, 7) is 0.578. The number of amides is 3. The van der Waals surface area contributed by atoms with Crippen molar-refractivity contribution in [2.45, 2.75) is 18.9 Å². The zero-order chi connectivity index (χ0) is 16.9. The molecule has 8 heteroatoms. The van der Waals surface area contributed by atoms with E-state index in [9.17, 15) is 9.59 Å². The molecule has 3 amide bonds. The van der Waals surface area contributed by atoms with Crippen molar-refractivity contribution >= 4 is 35.0 Å². The van der Waals surface area contributed by atoms with Gasteiger partial charge in [0.05, 0.1) is 10.7 Å². The molecule has 124 valence electrons. The molecule has 0 radical (unpaired) electrons. The summed E-state index contributed by atoms with van der Waals surface area (Å²) in [5, 5.41) is 5.78. The number of urea groups is 1. The van der Waals surface area contributed by atoms with E-state index in [0.717, 1.165) is 6.42 Å². The number of piperidine rings is 1.